The van der Waals surface area contributed by atoms with Crippen molar-refractivity contribution in [1.82, 2.24) is 5.32 Å². The van der Waals surface area contributed by atoms with Gasteiger partial charge in [-0.05, 0) is 37.1 Å². The lowest BCUT2D eigenvalue weighted by Gasteiger charge is -2.17. The molecule has 0 unspecified atom stereocenters. The molecule has 0 bridgehead atoms. The molecule has 0 saturated heterocycles. The number of aliphatic hydroxyl groups is 1. The number of hydrogen-bond acceptors (Lipinski definition) is 2. The third kappa shape index (κ3) is 4.33. The molecule has 0 aliphatic rings. The van der Waals surface area contributed by atoms with Crippen LogP contribution in [0.3, 0.4) is 0 Å². The molecule has 0 aliphatic heterocycles. The largest absolute Gasteiger partial charge is 0.396 e. The molecule has 0 fully saturated rings. The van der Waals surface area contributed by atoms with Crippen LogP contribution < -0.4 is 5.32 Å². The van der Waals surface area contributed by atoms with Crippen LogP contribution in [0.1, 0.15) is 31.4 Å². The molecule has 0 saturated carbocycles. The van der Waals surface area contributed by atoms with Gasteiger partial charge in [0.05, 0.1) is 0 Å². The SMILES string of the molecule is CC[C@H](NCCCO)c1ccc(Br)cc1. The van der Waals surface area contributed by atoms with E-state index in [4.69, 9.17) is 5.11 Å². The summed E-state index contributed by atoms with van der Waals surface area (Å²) in [6.45, 7) is 3.29. The Hall–Kier alpha value is -0.380. The van der Waals surface area contributed by atoms with Crippen molar-refractivity contribution in [1.29, 1.82) is 0 Å². The van der Waals surface area contributed by atoms with Gasteiger partial charge in [-0.25, -0.2) is 0 Å². The van der Waals surface area contributed by atoms with Gasteiger partial charge in [-0.15, -0.1) is 0 Å². The molecule has 1 aromatic rings. The maximum absolute atomic E-state index is 8.71. The van der Waals surface area contributed by atoms with E-state index in [1.807, 2.05) is 0 Å². The molecule has 2 N–H and O–H groups in total. The topological polar surface area (TPSA) is 32.3 Å². The van der Waals surface area contributed by atoms with Crippen molar-refractivity contribution in [2.75, 3.05) is 13.2 Å². The molecule has 3 heteroatoms. The van der Waals surface area contributed by atoms with Crippen LogP contribution >= 0.6 is 15.9 Å². The monoisotopic (exact) mass is 271 g/mol. The molecular formula is C12H18BrNO. The fourth-order valence-corrected chi connectivity index (χ4v) is 1.81. The van der Waals surface area contributed by atoms with E-state index in [0.717, 1.165) is 23.9 Å². The van der Waals surface area contributed by atoms with Crippen molar-refractivity contribution < 1.29 is 5.11 Å². The Morgan fingerprint density at radius 1 is 1.33 bits per heavy atom. The van der Waals surface area contributed by atoms with E-state index < -0.39 is 0 Å². The van der Waals surface area contributed by atoms with Gasteiger partial charge in [-0.2, -0.15) is 0 Å². The Kier molecular flexibility index (Phi) is 5.91. The van der Waals surface area contributed by atoms with Gasteiger partial charge in [-0.3, -0.25) is 0 Å². The van der Waals surface area contributed by atoms with Crippen LogP contribution in [0.4, 0.5) is 0 Å². The highest BCUT2D eigenvalue weighted by molar-refractivity contribution is 9.10. The van der Waals surface area contributed by atoms with E-state index in [2.05, 4.69) is 52.4 Å². The molecular weight excluding hydrogens is 254 g/mol. The summed E-state index contributed by atoms with van der Waals surface area (Å²) in [6, 6.07) is 8.77. The Bertz CT molecular complexity index is 273. The average molecular weight is 272 g/mol. The third-order valence-electron chi connectivity index (χ3n) is 2.41. The number of nitrogens with one attached hydrogen (secondary N) is 1. The fourth-order valence-electron chi connectivity index (χ4n) is 1.55. The van der Waals surface area contributed by atoms with E-state index in [-0.39, 0.29) is 6.61 Å². The molecule has 84 valence electrons. The molecule has 1 atom stereocenters. The van der Waals surface area contributed by atoms with E-state index in [1.54, 1.807) is 0 Å². The maximum atomic E-state index is 8.71. The number of hydrogen-bond donors (Lipinski definition) is 2. The quantitative estimate of drug-likeness (QED) is 0.780. The van der Waals surface area contributed by atoms with Gasteiger partial charge in [0.25, 0.3) is 0 Å². The first kappa shape index (κ1) is 12.7. The normalized spacial score (nSPS) is 12.7. The number of aliphatic hydroxyl groups excluding tert-OH is 1. The average Bonchev–Trinajstić information content (AvgIpc) is 2.26. The number of benzene rings is 1. The van der Waals surface area contributed by atoms with Crippen molar-refractivity contribution in [3.8, 4) is 0 Å². The Morgan fingerprint density at radius 2 is 2.00 bits per heavy atom. The van der Waals surface area contributed by atoms with Gasteiger partial charge < -0.3 is 10.4 Å². The summed E-state index contributed by atoms with van der Waals surface area (Å²) in [4.78, 5) is 0. The zero-order valence-electron chi connectivity index (χ0n) is 9.04. The predicted molar refractivity (Wildman–Crippen MR) is 66.9 cm³/mol. The molecule has 0 spiro atoms. The first-order valence-electron chi connectivity index (χ1n) is 5.37. The zero-order chi connectivity index (χ0) is 11.1. The smallest absolute Gasteiger partial charge is 0.0443 e. The second kappa shape index (κ2) is 6.99. The minimum Gasteiger partial charge on any atom is -0.396 e. The molecule has 0 radical (unpaired) electrons. The van der Waals surface area contributed by atoms with Crippen LogP contribution in [0.15, 0.2) is 28.7 Å². The first-order chi connectivity index (χ1) is 7.27. The van der Waals surface area contributed by atoms with Crippen LogP contribution in [0.2, 0.25) is 0 Å². The van der Waals surface area contributed by atoms with Crippen molar-refractivity contribution >= 4 is 15.9 Å². The second-order valence-electron chi connectivity index (χ2n) is 3.54. The Morgan fingerprint density at radius 3 is 2.53 bits per heavy atom. The highest BCUT2D eigenvalue weighted by Gasteiger charge is 2.07. The summed E-state index contributed by atoms with van der Waals surface area (Å²) in [5, 5.41) is 12.1. The van der Waals surface area contributed by atoms with E-state index >= 15 is 0 Å². The molecule has 15 heavy (non-hydrogen) atoms. The molecule has 0 aromatic heterocycles. The zero-order valence-corrected chi connectivity index (χ0v) is 10.6. The highest BCUT2D eigenvalue weighted by Crippen LogP contribution is 2.19. The molecule has 2 nitrogen and oxygen atoms in total. The summed E-state index contributed by atoms with van der Waals surface area (Å²) >= 11 is 3.43. The van der Waals surface area contributed by atoms with Gasteiger partial charge in [0.15, 0.2) is 0 Å². The van der Waals surface area contributed by atoms with Crippen molar-refractivity contribution in [3.05, 3.63) is 34.3 Å². The Balaban J connectivity index is 2.53. The van der Waals surface area contributed by atoms with Crippen molar-refractivity contribution in [2.24, 2.45) is 0 Å². The van der Waals surface area contributed by atoms with E-state index in [0.29, 0.717) is 6.04 Å². The molecule has 0 amide bonds. The second-order valence-corrected chi connectivity index (χ2v) is 4.46. The lowest BCUT2D eigenvalue weighted by Crippen LogP contribution is -2.22. The van der Waals surface area contributed by atoms with Crippen molar-refractivity contribution in [3.63, 3.8) is 0 Å². The summed E-state index contributed by atoms with van der Waals surface area (Å²) in [6.07, 6.45) is 1.88. The summed E-state index contributed by atoms with van der Waals surface area (Å²) < 4.78 is 1.11. The minimum atomic E-state index is 0.254. The highest BCUT2D eigenvalue weighted by atomic mass is 79.9. The number of rotatable bonds is 6. The number of halogens is 1. The maximum Gasteiger partial charge on any atom is 0.0443 e. The van der Waals surface area contributed by atoms with Crippen LogP contribution in [0.25, 0.3) is 0 Å². The lowest BCUT2D eigenvalue weighted by molar-refractivity contribution is 0.283. The molecule has 1 aromatic carbocycles. The minimum absolute atomic E-state index is 0.254. The standard InChI is InChI=1S/C12H18BrNO/c1-2-12(14-8-3-9-15)10-4-6-11(13)7-5-10/h4-7,12,14-15H,2-3,8-9H2,1H3/t12-/m0/s1. The molecule has 0 aliphatic carbocycles. The fraction of sp³-hybridized carbons (Fsp3) is 0.500. The van der Waals surface area contributed by atoms with Crippen LogP contribution in [0.5, 0.6) is 0 Å². The summed E-state index contributed by atoms with van der Waals surface area (Å²) in [7, 11) is 0. The lowest BCUT2D eigenvalue weighted by atomic mass is 10.0. The van der Waals surface area contributed by atoms with Crippen LogP contribution in [-0.2, 0) is 0 Å². The summed E-state index contributed by atoms with van der Waals surface area (Å²) in [5.41, 5.74) is 1.30. The third-order valence-corrected chi connectivity index (χ3v) is 2.93. The van der Waals surface area contributed by atoms with Crippen molar-refractivity contribution in [2.45, 2.75) is 25.8 Å². The first-order valence-corrected chi connectivity index (χ1v) is 6.17. The molecule has 0 heterocycles. The van der Waals surface area contributed by atoms with Crippen LogP contribution in [-0.4, -0.2) is 18.3 Å². The van der Waals surface area contributed by atoms with Gasteiger partial charge >= 0.3 is 0 Å². The predicted octanol–water partition coefficient (Wildman–Crippen LogP) is 2.87. The van der Waals surface area contributed by atoms with Gasteiger partial charge in [-0.1, -0.05) is 35.0 Å². The van der Waals surface area contributed by atoms with E-state index in [9.17, 15) is 0 Å². The van der Waals surface area contributed by atoms with Gasteiger partial charge in [0, 0.05) is 17.1 Å². The van der Waals surface area contributed by atoms with Crippen LogP contribution in [0, 0.1) is 0 Å². The van der Waals surface area contributed by atoms with Gasteiger partial charge in [0.2, 0.25) is 0 Å². The van der Waals surface area contributed by atoms with Gasteiger partial charge in [0.1, 0.15) is 0 Å². The Labute approximate surface area is 99.8 Å². The van der Waals surface area contributed by atoms with E-state index in [1.165, 1.54) is 5.56 Å². The summed E-state index contributed by atoms with van der Waals surface area (Å²) in [5.74, 6) is 0. The molecule has 1 rings (SSSR count).